The van der Waals surface area contributed by atoms with Gasteiger partial charge in [0.25, 0.3) is 0 Å². The first-order chi connectivity index (χ1) is 13.5. The van der Waals surface area contributed by atoms with E-state index in [0.29, 0.717) is 17.2 Å². The van der Waals surface area contributed by atoms with E-state index in [1.807, 2.05) is 16.8 Å². The third-order valence-electron chi connectivity index (χ3n) is 4.41. The number of ether oxygens (including phenoxy) is 2. The van der Waals surface area contributed by atoms with Crippen molar-refractivity contribution in [1.82, 2.24) is 9.55 Å². The van der Waals surface area contributed by atoms with Crippen LogP contribution in [0.15, 0.2) is 53.9 Å². The largest absolute Gasteiger partial charge is 0.497 e. The molecule has 0 saturated heterocycles. The summed E-state index contributed by atoms with van der Waals surface area (Å²) in [5.74, 6) is 1.35. The number of nitrogens with one attached hydrogen (secondary N) is 1. The molecule has 1 N–H and O–H groups in total. The Kier molecular flexibility index (Phi) is 6.26. The number of hydrogen-bond acceptors (Lipinski definition) is 5. The maximum atomic E-state index is 12.4. The maximum Gasteiger partial charge on any atom is 0.234 e. The maximum absolute atomic E-state index is 12.4. The Labute approximate surface area is 168 Å². The van der Waals surface area contributed by atoms with E-state index >= 15 is 0 Å². The average molecular weight is 398 g/mol. The summed E-state index contributed by atoms with van der Waals surface area (Å²) in [6, 6.07) is 11.4. The Bertz CT molecular complexity index is 963. The van der Waals surface area contributed by atoms with Crippen LogP contribution in [0.5, 0.6) is 11.5 Å². The molecule has 1 aromatic heterocycles. The first-order valence-corrected chi connectivity index (χ1v) is 9.76. The van der Waals surface area contributed by atoms with Gasteiger partial charge in [0.2, 0.25) is 5.91 Å². The topological polar surface area (TPSA) is 65.4 Å². The number of methoxy groups -OCH3 is 2. The van der Waals surface area contributed by atoms with E-state index in [-0.39, 0.29) is 11.7 Å². The highest BCUT2D eigenvalue weighted by atomic mass is 32.2. The summed E-state index contributed by atoms with van der Waals surface area (Å²) in [6.45, 7) is 4.17. The molecule has 0 aliphatic heterocycles. The highest BCUT2D eigenvalue weighted by molar-refractivity contribution is 7.99. The Morgan fingerprint density at radius 2 is 1.86 bits per heavy atom. The molecule has 0 atom stereocenters. The molecule has 146 valence electrons. The number of carbonyl (C=O) groups is 1. The number of hydrogen-bond donors (Lipinski definition) is 1. The van der Waals surface area contributed by atoms with Crippen LogP contribution in [0.3, 0.4) is 0 Å². The summed E-state index contributed by atoms with van der Waals surface area (Å²) < 4.78 is 12.5. The van der Waals surface area contributed by atoms with E-state index in [0.717, 1.165) is 10.8 Å². The van der Waals surface area contributed by atoms with E-state index in [4.69, 9.17) is 9.47 Å². The van der Waals surface area contributed by atoms with Crippen molar-refractivity contribution in [2.75, 3.05) is 25.3 Å². The van der Waals surface area contributed by atoms with Crippen LogP contribution in [-0.4, -0.2) is 35.4 Å². The highest BCUT2D eigenvalue weighted by Gasteiger charge is 2.12. The third-order valence-corrected chi connectivity index (χ3v) is 5.38. The molecule has 0 saturated carbocycles. The lowest BCUT2D eigenvalue weighted by Crippen LogP contribution is -2.14. The number of rotatable bonds is 7. The fourth-order valence-corrected chi connectivity index (χ4v) is 3.55. The summed E-state index contributed by atoms with van der Waals surface area (Å²) in [5.41, 5.74) is 4.10. The fourth-order valence-electron chi connectivity index (χ4n) is 2.78. The van der Waals surface area contributed by atoms with Crippen LogP contribution in [0.1, 0.15) is 11.1 Å². The molecule has 0 unspecified atom stereocenters. The zero-order valence-electron chi connectivity index (χ0n) is 16.4. The lowest BCUT2D eigenvalue weighted by molar-refractivity contribution is -0.113. The van der Waals surface area contributed by atoms with Crippen molar-refractivity contribution >= 4 is 23.4 Å². The molecule has 0 aliphatic carbocycles. The molecular weight excluding hydrogens is 374 g/mol. The average Bonchev–Trinajstić information content (AvgIpc) is 3.16. The van der Waals surface area contributed by atoms with Crippen LogP contribution < -0.4 is 14.8 Å². The van der Waals surface area contributed by atoms with Crippen LogP contribution in [0.2, 0.25) is 0 Å². The van der Waals surface area contributed by atoms with Gasteiger partial charge < -0.3 is 14.8 Å². The second-order valence-electron chi connectivity index (χ2n) is 6.24. The summed E-state index contributed by atoms with van der Waals surface area (Å²) in [5, 5.41) is 3.65. The van der Waals surface area contributed by atoms with E-state index < -0.39 is 0 Å². The third kappa shape index (κ3) is 4.48. The fraction of sp³-hybridized carbons (Fsp3) is 0.238. The van der Waals surface area contributed by atoms with Crippen molar-refractivity contribution in [2.24, 2.45) is 0 Å². The Hall–Kier alpha value is -2.93. The molecule has 0 aliphatic rings. The lowest BCUT2D eigenvalue weighted by Gasteiger charge is -2.12. The van der Waals surface area contributed by atoms with Crippen molar-refractivity contribution in [3.05, 3.63) is 59.9 Å². The van der Waals surface area contributed by atoms with Crippen LogP contribution in [-0.2, 0) is 4.79 Å². The number of anilines is 1. The Morgan fingerprint density at radius 1 is 1.14 bits per heavy atom. The van der Waals surface area contributed by atoms with Gasteiger partial charge in [0, 0.05) is 36.3 Å². The van der Waals surface area contributed by atoms with Crippen molar-refractivity contribution in [1.29, 1.82) is 0 Å². The molecule has 0 spiro atoms. The van der Waals surface area contributed by atoms with E-state index in [1.165, 1.54) is 22.9 Å². The van der Waals surface area contributed by atoms with Gasteiger partial charge in [-0.3, -0.25) is 9.36 Å². The normalized spacial score (nSPS) is 10.6. The van der Waals surface area contributed by atoms with E-state index in [9.17, 15) is 4.79 Å². The van der Waals surface area contributed by atoms with Gasteiger partial charge in [-0.2, -0.15) is 0 Å². The summed E-state index contributed by atoms with van der Waals surface area (Å²) in [7, 11) is 3.15. The number of thioether (sulfide) groups is 1. The summed E-state index contributed by atoms with van der Waals surface area (Å²) >= 11 is 1.39. The number of amides is 1. The molecule has 0 fully saturated rings. The van der Waals surface area contributed by atoms with Crippen LogP contribution in [0.25, 0.3) is 5.69 Å². The molecule has 7 heteroatoms. The van der Waals surface area contributed by atoms with Crippen LogP contribution in [0.4, 0.5) is 5.69 Å². The van der Waals surface area contributed by atoms with Gasteiger partial charge in [-0.1, -0.05) is 23.9 Å². The molecule has 3 aromatic rings. The molecule has 6 nitrogen and oxygen atoms in total. The number of imidazole rings is 1. The van der Waals surface area contributed by atoms with Gasteiger partial charge >= 0.3 is 0 Å². The standard InChI is InChI=1S/C21H23N3O3S/c1-14-6-5-7-19(15(14)2)24-9-8-22-21(24)28-13-20(25)23-16-10-17(26-3)12-18(11-16)27-4/h5-12H,13H2,1-4H3,(H,23,25). The number of aromatic nitrogens is 2. The summed E-state index contributed by atoms with van der Waals surface area (Å²) in [6.07, 6.45) is 3.66. The van der Waals surface area contributed by atoms with Crippen molar-refractivity contribution in [3.8, 4) is 17.2 Å². The van der Waals surface area contributed by atoms with Crippen LogP contribution >= 0.6 is 11.8 Å². The van der Waals surface area contributed by atoms with E-state index in [2.05, 4.69) is 36.3 Å². The van der Waals surface area contributed by atoms with Gasteiger partial charge in [0.1, 0.15) is 11.5 Å². The number of nitrogens with zero attached hydrogens (tertiary/aromatic N) is 2. The molecule has 3 rings (SSSR count). The predicted octanol–water partition coefficient (Wildman–Crippen LogP) is 4.24. The van der Waals surface area contributed by atoms with Crippen molar-refractivity contribution in [3.63, 3.8) is 0 Å². The summed E-state index contributed by atoms with van der Waals surface area (Å²) in [4.78, 5) is 16.8. The monoisotopic (exact) mass is 397 g/mol. The predicted molar refractivity (Wildman–Crippen MR) is 112 cm³/mol. The smallest absolute Gasteiger partial charge is 0.234 e. The minimum atomic E-state index is -0.129. The van der Waals surface area contributed by atoms with Gasteiger partial charge in [-0.05, 0) is 31.0 Å². The second kappa shape index (κ2) is 8.84. The van der Waals surface area contributed by atoms with Crippen molar-refractivity contribution in [2.45, 2.75) is 19.0 Å². The lowest BCUT2D eigenvalue weighted by atomic mass is 10.1. The molecule has 0 radical (unpaired) electrons. The van der Waals surface area contributed by atoms with Gasteiger partial charge in [0.15, 0.2) is 5.16 Å². The SMILES string of the molecule is COc1cc(NC(=O)CSc2nccn2-c2cccc(C)c2C)cc(OC)c1. The highest BCUT2D eigenvalue weighted by Crippen LogP contribution is 2.27. The Balaban J connectivity index is 1.70. The minimum Gasteiger partial charge on any atom is -0.497 e. The zero-order valence-corrected chi connectivity index (χ0v) is 17.2. The first kappa shape index (κ1) is 19.8. The number of benzene rings is 2. The molecular formula is C21H23N3O3S. The minimum absolute atomic E-state index is 0.129. The number of aryl methyl sites for hydroxylation is 1. The second-order valence-corrected chi connectivity index (χ2v) is 7.18. The molecule has 2 aromatic carbocycles. The number of carbonyl (C=O) groups excluding carboxylic acids is 1. The molecule has 28 heavy (non-hydrogen) atoms. The van der Waals surface area contributed by atoms with Crippen LogP contribution in [0, 0.1) is 13.8 Å². The van der Waals surface area contributed by atoms with Gasteiger partial charge in [-0.25, -0.2) is 4.98 Å². The quantitative estimate of drug-likeness (QED) is 0.604. The molecule has 1 amide bonds. The zero-order chi connectivity index (χ0) is 20.1. The Morgan fingerprint density at radius 3 is 2.54 bits per heavy atom. The first-order valence-electron chi connectivity index (χ1n) is 8.77. The van der Waals surface area contributed by atoms with E-state index in [1.54, 1.807) is 38.6 Å². The van der Waals surface area contributed by atoms with Crippen molar-refractivity contribution < 1.29 is 14.3 Å². The molecule has 1 heterocycles. The van der Waals surface area contributed by atoms with Gasteiger partial charge in [0.05, 0.1) is 25.7 Å². The van der Waals surface area contributed by atoms with Gasteiger partial charge in [-0.15, -0.1) is 0 Å². The molecule has 0 bridgehead atoms.